The van der Waals surface area contributed by atoms with Crippen molar-refractivity contribution in [3.05, 3.63) is 71.0 Å². The summed E-state index contributed by atoms with van der Waals surface area (Å²) in [7, 11) is 0. The summed E-state index contributed by atoms with van der Waals surface area (Å²) < 4.78 is 47.1. The van der Waals surface area contributed by atoms with Crippen LogP contribution < -0.4 is 4.74 Å². The molecule has 0 radical (unpaired) electrons. The van der Waals surface area contributed by atoms with Crippen LogP contribution in [0.4, 0.5) is 13.2 Å². The van der Waals surface area contributed by atoms with Gasteiger partial charge in [-0.2, -0.15) is 28.1 Å². The van der Waals surface area contributed by atoms with Crippen molar-refractivity contribution in [1.82, 2.24) is 29.5 Å². The van der Waals surface area contributed by atoms with Crippen LogP contribution in [0.1, 0.15) is 5.56 Å². The molecular formula is C17H9Cl2F3N6O. The van der Waals surface area contributed by atoms with Gasteiger partial charge in [0.1, 0.15) is 23.4 Å². The number of pyridine rings is 1. The van der Waals surface area contributed by atoms with Gasteiger partial charge < -0.3 is 4.74 Å². The standard InChI is InChI=1S/C17H9Cl2F3N6O/c18-11-1-3-12(4-2-11)28-16(14(7-25-28)27-9-23-8-26-27)29-15-13(19)5-10(6-24-15)17(20,21)22/h1-9H. The lowest BCUT2D eigenvalue weighted by molar-refractivity contribution is -0.137. The van der Waals surface area contributed by atoms with E-state index in [4.69, 9.17) is 27.9 Å². The molecule has 0 saturated heterocycles. The van der Waals surface area contributed by atoms with Crippen LogP contribution in [0, 0.1) is 0 Å². The quantitative estimate of drug-likeness (QED) is 0.448. The van der Waals surface area contributed by atoms with E-state index in [-0.39, 0.29) is 16.8 Å². The Morgan fingerprint density at radius 3 is 2.38 bits per heavy atom. The molecule has 12 heteroatoms. The van der Waals surface area contributed by atoms with Gasteiger partial charge in [0.25, 0.3) is 5.88 Å². The van der Waals surface area contributed by atoms with Crippen molar-refractivity contribution in [3.63, 3.8) is 0 Å². The molecule has 0 aliphatic carbocycles. The Kier molecular flexibility index (Phi) is 4.89. The maximum absolute atomic E-state index is 12.9. The van der Waals surface area contributed by atoms with E-state index < -0.39 is 11.7 Å². The van der Waals surface area contributed by atoms with Crippen LogP contribution in [0.5, 0.6) is 11.8 Å². The monoisotopic (exact) mass is 440 g/mol. The van der Waals surface area contributed by atoms with E-state index in [1.165, 1.54) is 28.2 Å². The number of alkyl halides is 3. The number of benzene rings is 1. The summed E-state index contributed by atoms with van der Waals surface area (Å²) >= 11 is 11.9. The number of rotatable bonds is 4. The van der Waals surface area contributed by atoms with Gasteiger partial charge in [0, 0.05) is 11.2 Å². The highest BCUT2D eigenvalue weighted by molar-refractivity contribution is 6.32. The van der Waals surface area contributed by atoms with Crippen molar-refractivity contribution < 1.29 is 17.9 Å². The Hall–Kier alpha value is -3.11. The number of ether oxygens (including phenoxy) is 1. The van der Waals surface area contributed by atoms with Crippen LogP contribution >= 0.6 is 23.2 Å². The fraction of sp³-hybridized carbons (Fsp3) is 0.0588. The van der Waals surface area contributed by atoms with Crippen LogP contribution in [0.15, 0.2) is 55.4 Å². The Morgan fingerprint density at radius 1 is 1.00 bits per heavy atom. The highest BCUT2D eigenvalue weighted by Crippen LogP contribution is 2.36. The largest absolute Gasteiger partial charge is 0.417 e. The second-order valence-electron chi connectivity index (χ2n) is 5.67. The Labute approximate surface area is 171 Å². The predicted molar refractivity (Wildman–Crippen MR) is 97.8 cm³/mol. The zero-order chi connectivity index (χ0) is 20.6. The summed E-state index contributed by atoms with van der Waals surface area (Å²) in [6, 6.07) is 7.42. The predicted octanol–water partition coefficient (Wildman–Crippen LogP) is 4.97. The molecule has 0 spiro atoms. The Balaban J connectivity index is 1.79. The maximum Gasteiger partial charge on any atom is 0.417 e. The maximum atomic E-state index is 12.9. The molecule has 0 saturated carbocycles. The number of aromatic nitrogens is 6. The van der Waals surface area contributed by atoms with Gasteiger partial charge >= 0.3 is 6.18 Å². The molecule has 0 fully saturated rings. The molecule has 0 bridgehead atoms. The lowest BCUT2D eigenvalue weighted by atomic mass is 10.3. The lowest BCUT2D eigenvalue weighted by Crippen LogP contribution is -2.07. The summed E-state index contributed by atoms with van der Waals surface area (Å²) in [5.41, 5.74) is -0.0356. The van der Waals surface area contributed by atoms with E-state index in [1.54, 1.807) is 24.3 Å². The van der Waals surface area contributed by atoms with Crippen LogP contribution in [0.2, 0.25) is 10.0 Å². The van der Waals surface area contributed by atoms with E-state index in [0.717, 1.165) is 6.07 Å². The average Bonchev–Trinajstić information content (AvgIpc) is 3.33. The normalized spacial score (nSPS) is 11.6. The van der Waals surface area contributed by atoms with E-state index in [9.17, 15) is 13.2 Å². The average molecular weight is 441 g/mol. The van der Waals surface area contributed by atoms with Gasteiger partial charge in [-0.3, -0.25) is 0 Å². The lowest BCUT2D eigenvalue weighted by Gasteiger charge is -2.13. The molecule has 148 valence electrons. The fourth-order valence-corrected chi connectivity index (χ4v) is 2.76. The summed E-state index contributed by atoms with van der Waals surface area (Å²) in [6.07, 6.45) is 0.243. The molecule has 0 atom stereocenters. The summed E-state index contributed by atoms with van der Waals surface area (Å²) in [4.78, 5) is 7.58. The van der Waals surface area contributed by atoms with Crippen LogP contribution in [-0.2, 0) is 6.18 Å². The van der Waals surface area contributed by atoms with Crippen molar-refractivity contribution in [1.29, 1.82) is 0 Å². The second kappa shape index (κ2) is 7.37. The SMILES string of the molecule is FC(F)(F)c1cnc(Oc2c(-n3cncn3)cnn2-c2ccc(Cl)cc2)c(Cl)c1. The molecule has 0 amide bonds. The molecule has 7 nitrogen and oxygen atoms in total. The molecule has 0 N–H and O–H groups in total. The van der Waals surface area contributed by atoms with Crippen LogP contribution in [-0.4, -0.2) is 29.5 Å². The number of halogens is 5. The highest BCUT2D eigenvalue weighted by atomic mass is 35.5. The molecule has 1 aromatic carbocycles. The minimum absolute atomic E-state index is 0.118. The first-order valence-corrected chi connectivity index (χ1v) is 8.68. The highest BCUT2D eigenvalue weighted by Gasteiger charge is 2.32. The molecule has 4 rings (SSSR count). The van der Waals surface area contributed by atoms with Gasteiger partial charge in [-0.05, 0) is 30.3 Å². The van der Waals surface area contributed by atoms with E-state index in [2.05, 4.69) is 20.2 Å². The molecule has 3 aromatic heterocycles. The third-order valence-corrected chi connectivity index (χ3v) is 4.29. The first kappa shape index (κ1) is 19.2. The molecule has 3 heterocycles. The first-order chi connectivity index (χ1) is 13.8. The third kappa shape index (κ3) is 3.89. The van der Waals surface area contributed by atoms with Crippen LogP contribution in [0.3, 0.4) is 0 Å². The van der Waals surface area contributed by atoms with Gasteiger partial charge in [0.05, 0.1) is 17.4 Å². The third-order valence-electron chi connectivity index (χ3n) is 3.77. The molecule has 29 heavy (non-hydrogen) atoms. The fourth-order valence-electron chi connectivity index (χ4n) is 2.43. The van der Waals surface area contributed by atoms with E-state index >= 15 is 0 Å². The van der Waals surface area contributed by atoms with Crippen molar-refractivity contribution in [2.24, 2.45) is 0 Å². The van der Waals surface area contributed by atoms with Gasteiger partial charge in [-0.15, -0.1) is 0 Å². The zero-order valence-corrected chi connectivity index (χ0v) is 15.7. The van der Waals surface area contributed by atoms with Crippen molar-refractivity contribution >= 4 is 23.2 Å². The zero-order valence-electron chi connectivity index (χ0n) is 14.2. The summed E-state index contributed by atoms with van der Waals surface area (Å²) in [5, 5.41) is 8.50. The first-order valence-electron chi connectivity index (χ1n) is 7.92. The van der Waals surface area contributed by atoms with E-state index in [0.29, 0.717) is 22.6 Å². The molecule has 0 aliphatic heterocycles. The van der Waals surface area contributed by atoms with E-state index in [1.807, 2.05) is 0 Å². The minimum Gasteiger partial charge on any atom is -0.417 e. The Morgan fingerprint density at radius 2 is 1.76 bits per heavy atom. The summed E-state index contributed by atoms with van der Waals surface area (Å²) in [6.45, 7) is 0. The van der Waals surface area contributed by atoms with Crippen molar-refractivity contribution in [2.45, 2.75) is 6.18 Å². The van der Waals surface area contributed by atoms with Crippen molar-refractivity contribution in [3.8, 4) is 23.1 Å². The van der Waals surface area contributed by atoms with Crippen LogP contribution in [0.25, 0.3) is 11.4 Å². The topological polar surface area (TPSA) is 70.7 Å². The number of hydrogen-bond donors (Lipinski definition) is 0. The second-order valence-corrected chi connectivity index (χ2v) is 6.52. The molecule has 0 aliphatic rings. The van der Waals surface area contributed by atoms with Gasteiger partial charge in [-0.1, -0.05) is 23.2 Å². The molecule has 0 unspecified atom stereocenters. The molecular weight excluding hydrogens is 432 g/mol. The number of nitrogens with zero attached hydrogens (tertiary/aromatic N) is 6. The van der Waals surface area contributed by atoms with Gasteiger partial charge in [0.15, 0.2) is 0 Å². The minimum atomic E-state index is -4.58. The summed E-state index contributed by atoms with van der Waals surface area (Å²) in [5.74, 6) is -0.108. The Bertz CT molecular complexity index is 1140. The smallest absolute Gasteiger partial charge is 0.417 e. The van der Waals surface area contributed by atoms with Gasteiger partial charge in [0.2, 0.25) is 5.88 Å². The van der Waals surface area contributed by atoms with Crippen molar-refractivity contribution in [2.75, 3.05) is 0 Å². The van der Waals surface area contributed by atoms with Gasteiger partial charge in [-0.25, -0.2) is 14.6 Å². The number of hydrogen-bond acceptors (Lipinski definition) is 5. The molecule has 4 aromatic rings.